The van der Waals surface area contributed by atoms with Crippen LogP contribution in [0.3, 0.4) is 0 Å². The van der Waals surface area contributed by atoms with Crippen LogP contribution < -0.4 is 0 Å². The molecule has 0 unspecified atom stereocenters. The summed E-state index contributed by atoms with van der Waals surface area (Å²) in [5.74, 6) is 13.0. The lowest BCUT2D eigenvalue weighted by atomic mass is 10.1. The maximum absolute atomic E-state index is 4.36. The standard InChI is InChI=1S/C36H22N2/c1-3-7-33-25-29(13-19-31(33)5-1)11-9-27-15-21-35(22-16-27)37-38-36-23-17-28(18-24-36)10-12-30-14-20-32-6-2-4-8-34(32)26-30/h1-8,13-26H. The van der Waals surface area contributed by atoms with Crippen molar-refractivity contribution in [3.8, 4) is 23.7 Å². The predicted molar refractivity (Wildman–Crippen MR) is 157 cm³/mol. The van der Waals surface area contributed by atoms with Crippen molar-refractivity contribution in [2.75, 3.05) is 0 Å². The summed E-state index contributed by atoms with van der Waals surface area (Å²) in [6, 6.07) is 44.7. The average molecular weight is 483 g/mol. The van der Waals surface area contributed by atoms with Gasteiger partial charge in [0.05, 0.1) is 11.4 Å². The number of fused-ring (bicyclic) bond motifs is 2. The predicted octanol–water partition coefficient (Wildman–Crippen LogP) is 9.21. The van der Waals surface area contributed by atoms with Gasteiger partial charge in [0.15, 0.2) is 0 Å². The Morgan fingerprint density at radius 1 is 0.316 bits per heavy atom. The molecule has 38 heavy (non-hydrogen) atoms. The molecule has 6 aromatic rings. The lowest BCUT2D eigenvalue weighted by molar-refractivity contribution is 1.23. The number of azo groups is 1. The first-order valence-electron chi connectivity index (χ1n) is 12.4. The van der Waals surface area contributed by atoms with E-state index in [1.54, 1.807) is 0 Å². The zero-order valence-corrected chi connectivity index (χ0v) is 20.6. The maximum atomic E-state index is 4.36. The molecule has 0 aromatic heterocycles. The van der Waals surface area contributed by atoms with Crippen molar-refractivity contribution in [1.82, 2.24) is 0 Å². The minimum atomic E-state index is 0.779. The molecule has 0 saturated carbocycles. The van der Waals surface area contributed by atoms with E-state index in [4.69, 9.17) is 0 Å². The van der Waals surface area contributed by atoms with Gasteiger partial charge in [0, 0.05) is 22.3 Å². The fraction of sp³-hybridized carbons (Fsp3) is 0. The monoisotopic (exact) mass is 482 g/mol. The average Bonchev–Trinajstić information content (AvgIpc) is 2.99. The van der Waals surface area contributed by atoms with E-state index in [1.165, 1.54) is 21.5 Å². The maximum Gasteiger partial charge on any atom is 0.0857 e. The molecule has 0 radical (unpaired) electrons. The first-order valence-corrected chi connectivity index (χ1v) is 12.4. The normalized spacial score (nSPS) is 10.6. The Labute approximate surface area is 222 Å². The third-order valence-corrected chi connectivity index (χ3v) is 6.22. The SMILES string of the molecule is C(#Cc1ccc2ccccc2c1)c1ccc(N=Nc2ccc(C#Cc3ccc4ccccc4c3)cc2)cc1. The first kappa shape index (κ1) is 23.0. The first-order chi connectivity index (χ1) is 18.8. The van der Waals surface area contributed by atoms with Gasteiger partial charge in [0.25, 0.3) is 0 Å². The molecule has 0 fully saturated rings. The molecule has 0 amide bonds. The molecule has 2 heteroatoms. The molecule has 6 aromatic carbocycles. The lowest BCUT2D eigenvalue weighted by Gasteiger charge is -1.98. The highest BCUT2D eigenvalue weighted by atomic mass is 15.1. The van der Waals surface area contributed by atoms with E-state index in [2.05, 4.69) is 94.6 Å². The van der Waals surface area contributed by atoms with E-state index < -0.39 is 0 Å². The van der Waals surface area contributed by atoms with Crippen molar-refractivity contribution < 1.29 is 0 Å². The van der Waals surface area contributed by atoms with Gasteiger partial charge in [-0.1, -0.05) is 84.3 Å². The van der Waals surface area contributed by atoms with Crippen LogP contribution in [0, 0.1) is 23.7 Å². The van der Waals surface area contributed by atoms with Crippen LogP contribution in [0.25, 0.3) is 21.5 Å². The summed E-state index contributed by atoms with van der Waals surface area (Å²) in [5.41, 5.74) is 5.43. The van der Waals surface area contributed by atoms with Crippen molar-refractivity contribution >= 4 is 32.9 Å². The minimum Gasteiger partial charge on any atom is -0.151 e. The number of nitrogens with zero attached hydrogens (tertiary/aromatic N) is 2. The second-order valence-corrected chi connectivity index (χ2v) is 8.92. The highest BCUT2D eigenvalue weighted by molar-refractivity contribution is 5.84. The van der Waals surface area contributed by atoms with Gasteiger partial charge in [0.2, 0.25) is 0 Å². The zero-order chi connectivity index (χ0) is 25.6. The van der Waals surface area contributed by atoms with Crippen LogP contribution in [0.1, 0.15) is 22.3 Å². The Hall–Kier alpha value is -5.44. The van der Waals surface area contributed by atoms with E-state index in [0.29, 0.717) is 0 Å². The highest BCUT2D eigenvalue weighted by Crippen LogP contribution is 2.20. The molecule has 2 nitrogen and oxygen atoms in total. The van der Waals surface area contributed by atoms with E-state index in [-0.39, 0.29) is 0 Å². The van der Waals surface area contributed by atoms with Gasteiger partial charge in [-0.2, -0.15) is 10.2 Å². The van der Waals surface area contributed by atoms with Gasteiger partial charge in [-0.15, -0.1) is 0 Å². The molecule has 0 bridgehead atoms. The zero-order valence-electron chi connectivity index (χ0n) is 20.6. The second-order valence-electron chi connectivity index (χ2n) is 8.92. The third kappa shape index (κ3) is 5.52. The minimum absolute atomic E-state index is 0.779. The Balaban J connectivity index is 1.10. The summed E-state index contributed by atoms with van der Waals surface area (Å²) in [6.07, 6.45) is 0. The molecular formula is C36H22N2. The van der Waals surface area contributed by atoms with Crippen LogP contribution in [0.2, 0.25) is 0 Å². The molecule has 6 rings (SSSR count). The number of rotatable bonds is 2. The molecule has 0 heterocycles. The van der Waals surface area contributed by atoms with Crippen molar-refractivity contribution in [2.45, 2.75) is 0 Å². The Morgan fingerprint density at radius 3 is 1.08 bits per heavy atom. The summed E-state index contributed by atoms with van der Waals surface area (Å²) in [4.78, 5) is 0. The highest BCUT2D eigenvalue weighted by Gasteiger charge is 1.96. The molecule has 0 N–H and O–H groups in total. The molecule has 0 atom stereocenters. The Morgan fingerprint density at radius 2 is 0.658 bits per heavy atom. The molecule has 176 valence electrons. The molecule has 0 saturated heterocycles. The van der Waals surface area contributed by atoms with Crippen LogP contribution >= 0.6 is 0 Å². The van der Waals surface area contributed by atoms with Crippen molar-refractivity contribution in [1.29, 1.82) is 0 Å². The summed E-state index contributed by atoms with van der Waals surface area (Å²) < 4.78 is 0. The van der Waals surface area contributed by atoms with Crippen LogP contribution in [0.4, 0.5) is 11.4 Å². The van der Waals surface area contributed by atoms with Gasteiger partial charge in [-0.25, -0.2) is 0 Å². The van der Waals surface area contributed by atoms with Gasteiger partial charge in [-0.3, -0.25) is 0 Å². The molecule has 0 aliphatic heterocycles. The van der Waals surface area contributed by atoms with Crippen molar-refractivity contribution in [3.63, 3.8) is 0 Å². The molecule has 0 spiro atoms. The number of benzene rings is 6. The lowest BCUT2D eigenvalue weighted by Crippen LogP contribution is -1.78. The quantitative estimate of drug-likeness (QED) is 0.174. The van der Waals surface area contributed by atoms with Crippen LogP contribution in [-0.2, 0) is 0 Å². The van der Waals surface area contributed by atoms with E-state index in [9.17, 15) is 0 Å². The van der Waals surface area contributed by atoms with Crippen molar-refractivity contribution in [2.24, 2.45) is 10.2 Å². The Kier molecular flexibility index (Phi) is 6.45. The third-order valence-electron chi connectivity index (χ3n) is 6.22. The van der Waals surface area contributed by atoms with Crippen molar-refractivity contribution in [3.05, 3.63) is 156 Å². The molecular weight excluding hydrogens is 460 g/mol. The topological polar surface area (TPSA) is 24.7 Å². The molecule has 0 aliphatic rings. The summed E-state index contributed by atoms with van der Waals surface area (Å²) in [6.45, 7) is 0. The van der Waals surface area contributed by atoms with Gasteiger partial charge < -0.3 is 0 Å². The van der Waals surface area contributed by atoms with E-state index in [0.717, 1.165) is 33.6 Å². The fourth-order valence-corrected chi connectivity index (χ4v) is 4.16. The van der Waals surface area contributed by atoms with E-state index >= 15 is 0 Å². The van der Waals surface area contributed by atoms with E-state index in [1.807, 2.05) is 72.8 Å². The fourth-order valence-electron chi connectivity index (χ4n) is 4.16. The smallest absolute Gasteiger partial charge is 0.0857 e. The van der Waals surface area contributed by atoms with Crippen LogP contribution in [0.5, 0.6) is 0 Å². The molecule has 0 aliphatic carbocycles. The van der Waals surface area contributed by atoms with Gasteiger partial charge in [0.1, 0.15) is 0 Å². The van der Waals surface area contributed by atoms with Crippen LogP contribution in [0.15, 0.2) is 144 Å². The summed E-state index contributed by atoms with van der Waals surface area (Å²) in [7, 11) is 0. The number of hydrogen-bond acceptors (Lipinski definition) is 2. The largest absolute Gasteiger partial charge is 0.151 e. The Bertz CT molecular complexity index is 1760. The van der Waals surface area contributed by atoms with Crippen LogP contribution in [-0.4, -0.2) is 0 Å². The summed E-state index contributed by atoms with van der Waals surface area (Å²) >= 11 is 0. The second kappa shape index (κ2) is 10.7. The summed E-state index contributed by atoms with van der Waals surface area (Å²) in [5, 5.41) is 13.6. The van der Waals surface area contributed by atoms with Gasteiger partial charge >= 0.3 is 0 Å². The van der Waals surface area contributed by atoms with Gasteiger partial charge in [-0.05, 0) is 94.3 Å². The number of hydrogen-bond donors (Lipinski definition) is 0.